The molecule has 0 aliphatic heterocycles. The van der Waals surface area contributed by atoms with Crippen LogP contribution in [0.1, 0.15) is 32.6 Å². The zero-order valence-corrected chi connectivity index (χ0v) is 7.09. The first-order valence-corrected chi connectivity index (χ1v) is 4.11. The fourth-order valence-corrected chi connectivity index (χ4v) is 0.774. The number of hydrogen-bond acceptors (Lipinski definition) is 1. The second-order valence-electron chi connectivity index (χ2n) is 2.34. The molecule has 0 amide bonds. The summed E-state index contributed by atoms with van der Waals surface area (Å²) in [6, 6.07) is 1.97. The van der Waals surface area contributed by atoms with Crippen molar-refractivity contribution in [2.45, 2.75) is 32.6 Å². The molecule has 11 heavy (non-hydrogen) atoms. The Morgan fingerprint density at radius 2 is 1.91 bits per heavy atom. The van der Waals surface area contributed by atoms with E-state index in [1.165, 1.54) is 0 Å². The summed E-state index contributed by atoms with van der Waals surface area (Å²) < 4.78 is 0. The van der Waals surface area contributed by atoms with E-state index in [0.717, 1.165) is 25.7 Å². The highest BCUT2D eigenvalue weighted by molar-refractivity contribution is 5.01. The molecule has 0 N–H and O–H groups in total. The summed E-state index contributed by atoms with van der Waals surface area (Å²) >= 11 is 0. The molecule has 0 rings (SSSR count). The maximum Gasteiger partial charge on any atom is 0.0908 e. The summed E-state index contributed by atoms with van der Waals surface area (Å²) in [6.07, 6.45) is 12.2. The van der Waals surface area contributed by atoms with Crippen molar-refractivity contribution in [1.29, 1.82) is 5.26 Å². The van der Waals surface area contributed by atoms with Crippen LogP contribution in [-0.4, -0.2) is 0 Å². The van der Waals surface area contributed by atoms with Crippen LogP contribution in [0.5, 0.6) is 0 Å². The van der Waals surface area contributed by atoms with Crippen molar-refractivity contribution in [3.05, 3.63) is 24.3 Å². The topological polar surface area (TPSA) is 23.8 Å². The summed E-state index contributed by atoms with van der Waals surface area (Å²) in [6.45, 7) is 2.13. The zero-order valence-electron chi connectivity index (χ0n) is 7.09. The fourth-order valence-electron chi connectivity index (χ4n) is 0.774. The Hall–Kier alpha value is -1.03. The lowest BCUT2D eigenvalue weighted by Crippen LogP contribution is -1.68. The van der Waals surface area contributed by atoms with Crippen LogP contribution in [0.3, 0.4) is 0 Å². The molecule has 0 aromatic rings. The van der Waals surface area contributed by atoms with Crippen LogP contribution in [0.4, 0.5) is 0 Å². The van der Waals surface area contributed by atoms with Crippen LogP contribution >= 0.6 is 0 Å². The molecule has 0 atom stereocenters. The van der Waals surface area contributed by atoms with Crippen LogP contribution in [0.25, 0.3) is 0 Å². The molecule has 0 saturated carbocycles. The minimum atomic E-state index is 1.02. The highest BCUT2D eigenvalue weighted by Gasteiger charge is 1.78. The van der Waals surface area contributed by atoms with Gasteiger partial charge >= 0.3 is 0 Å². The molecule has 0 radical (unpaired) electrons. The van der Waals surface area contributed by atoms with Crippen molar-refractivity contribution >= 4 is 0 Å². The van der Waals surface area contributed by atoms with Gasteiger partial charge in [0.05, 0.1) is 6.07 Å². The van der Waals surface area contributed by atoms with E-state index in [1.807, 2.05) is 12.1 Å². The van der Waals surface area contributed by atoms with Crippen LogP contribution in [-0.2, 0) is 0 Å². The monoisotopic (exact) mass is 149 g/mol. The van der Waals surface area contributed by atoms with Gasteiger partial charge in [-0.3, -0.25) is 0 Å². The lowest BCUT2D eigenvalue weighted by Gasteiger charge is -1.87. The maximum atomic E-state index is 8.16. The highest BCUT2D eigenvalue weighted by atomic mass is 14.2. The Morgan fingerprint density at radius 1 is 1.18 bits per heavy atom. The summed E-state index contributed by atoms with van der Waals surface area (Å²) in [4.78, 5) is 0. The van der Waals surface area contributed by atoms with Gasteiger partial charge in [-0.2, -0.15) is 5.26 Å². The normalized spacial score (nSPS) is 10.9. The maximum absolute atomic E-state index is 8.16. The SMILES string of the molecule is CCC=CCCC/C=C\C#N. The van der Waals surface area contributed by atoms with Crippen molar-refractivity contribution in [2.24, 2.45) is 0 Å². The quantitative estimate of drug-likeness (QED) is 0.334. The predicted molar refractivity (Wildman–Crippen MR) is 48.0 cm³/mol. The van der Waals surface area contributed by atoms with E-state index in [9.17, 15) is 0 Å². The third-order valence-corrected chi connectivity index (χ3v) is 1.34. The van der Waals surface area contributed by atoms with E-state index in [-0.39, 0.29) is 0 Å². The van der Waals surface area contributed by atoms with Crippen molar-refractivity contribution < 1.29 is 0 Å². The van der Waals surface area contributed by atoms with Crippen LogP contribution in [0.15, 0.2) is 24.3 Å². The molecule has 0 heterocycles. The van der Waals surface area contributed by atoms with Gasteiger partial charge in [-0.05, 0) is 25.7 Å². The molecule has 0 fully saturated rings. The minimum absolute atomic E-state index is 1.02. The van der Waals surface area contributed by atoms with E-state index in [0.29, 0.717) is 0 Å². The third kappa shape index (κ3) is 8.97. The van der Waals surface area contributed by atoms with E-state index in [4.69, 9.17) is 5.26 Å². The van der Waals surface area contributed by atoms with Crippen molar-refractivity contribution in [3.63, 3.8) is 0 Å². The Kier molecular flexibility index (Phi) is 8.13. The first kappa shape index (κ1) is 9.97. The summed E-state index contributed by atoms with van der Waals surface area (Å²) in [5.41, 5.74) is 0. The fraction of sp³-hybridized carbons (Fsp3) is 0.500. The predicted octanol–water partition coefficient (Wildman–Crippen LogP) is 3.20. The van der Waals surface area contributed by atoms with Gasteiger partial charge in [-0.15, -0.1) is 0 Å². The van der Waals surface area contributed by atoms with E-state index in [1.54, 1.807) is 6.08 Å². The molecule has 0 saturated heterocycles. The summed E-state index contributed by atoms with van der Waals surface area (Å²) in [5.74, 6) is 0. The van der Waals surface area contributed by atoms with E-state index in [2.05, 4.69) is 19.1 Å². The molecule has 0 aliphatic rings. The standard InChI is InChI=1S/C10H15N/c1-2-3-4-5-6-7-8-9-10-11/h3-4,8-9H,2,5-7H2,1H3/b4-3?,9-8-. The first-order valence-electron chi connectivity index (χ1n) is 4.11. The van der Waals surface area contributed by atoms with Crippen molar-refractivity contribution in [2.75, 3.05) is 0 Å². The molecule has 1 heteroatoms. The second kappa shape index (κ2) is 8.97. The van der Waals surface area contributed by atoms with Crippen LogP contribution in [0.2, 0.25) is 0 Å². The molecular formula is C10H15N. The molecule has 1 nitrogen and oxygen atoms in total. The summed E-state index contributed by atoms with van der Waals surface area (Å²) in [7, 11) is 0. The number of allylic oxidation sites excluding steroid dienone is 4. The summed E-state index contributed by atoms with van der Waals surface area (Å²) in [5, 5.41) is 8.16. The van der Waals surface area contributed by atoms with Crippen molar-refractivity contribution in [3.8, 4) is 6.07 Å². The number of nitrogens with zero attached hydrogens (tertiary/aromatic N) is 1. The Morgan fingerprint density at radius 3 is 2.55 bits per heavy atom. The number of hydrogen-bond donors (Lipinski definition) is 0. The molecule has 60 valence electrons. The molecule has 0 aromatic heterocycles. The number of unbranched alkanes of at least 4 members (excludes halogenated alkanes) is 2. The average molecular weight is 149 g/mol. The lowest BCUT2D eigenvalue weighted by atomic mass is 10.2. The molecule has 0 bridgehead atoms. The lowest BCUT2D eigenvalue weighted by molar-refractivity contribution is 0.865. The molecule has 0 aliphatic carbocycles. The van der Waals surface area contributed by atoms with Crippen LogP contribution in [0, 0.1) is 11.3 Å². The van der Waals surface area contributed by atoms with Gasteiger partial charge in [0.15, 0.2) is 0 Å². The van der Waals surface area contributed by atoms with E-state index < -0.39 is 0 Å². The largest absolute Gasteiger partial charge is 0.193 e. The van der Waals surface area contributed by atoms with Gasteiger partial charge < -0.3 is 0 Å². The van der Waals surface area contributed by atoms with E-state index >= 15 is 0 Å². The van der Waals surface area contributed by atoms with Gasteiger partial charge in [-0.25, -0.2) is 0 Å². The Balaban J connectivity index is 3.10. The molecular weight excluding hydrogens is 134 g/mol. The number of nitriles is 1. The second-order valence-corrected chi connectivity index (χ2v) is 2.34. The molecule has 0 spiro atoms. The van der Waals surface area contributed by atoms with Gasteiger partial charge in [0.2, 0.25) is 0 Å². The minimum Gasteiger partial charge on any atom is -0.193 e. The average Bonchev–Trinajstić information content (AvgIpc) is 2.03. The first-order chi connectivity index (χ1) is 5.41. The van der Waals surface area contributed by atoms with Crippen LogP contribution < -0.4 is 0 Å². The van der Waals surface area contributed by atoms with Gasteiger partial charge in [0, 0.05) is 6.08 Å². The Labute approximate surface area is 69.0 Å². The zero-order chi connectivity index (χ0) is 8.36. The Bertz CT molecular complexity index is 160. The van der Waals surface area contributed by atoms with Gasteiger partial charge in [-0.1, -0.05) is 25.2 Å². The highest BCUT2D eigenvalue weighted by Crippen LogP contribution is 1.97. The number of rotatable bonds is 5. The smallest absolute Gasteiger partial charge is 0.0908 e. The molecule has 0 unspecified atom stereocenters. The van der Waals surface area contributed by atoms with Gasteiger partial charge in [0.25, 0.3) is 0 Å². The van der Waals surface area contributed by atoms with Gasteiger partial charge in [0.1, 0.15) is 0 Å². The molecule has 0 aromatic carbocycles. The van der Waals surface area contributed by atoms with Crippen molar-refractivity contribution in [1.82, 2.24) is 0 Å². The third-order valence-electron chi connectivity index (χ3n) is 1.34.